The molecule has 0 aliphatic carbocycles. The average Bonchev–Trinajstić information content (AvgIpc) is 2.69. The van der Waals surface area contributed by atoms with Crippen LogP contribution in [0.2, 0.25) is 0 Å². The molecule has 0 radical (unpaired) electrons. The Morgan fingerprint density at radius 2 is 2.17 bits per heavy atom. The predicted octanol–water partition coefficient (Wildman–Crippen LogP) is 2.82. The minimum atomic E-state index is -0.402. The van der Waals surface area contributed by atoms with Gasteiger partial charge in [-0.25, -0.2) is 0 Å². The Kier molecular flexibility index (Phi) is 4.02. The summed E-state index contributed by atoms with van der Waals surface area (Å²) in [5.74, 6) is 0.160. The van der Waals surface area contributed by atoms with Crippen LogP contribution in [0.4, 0.5) is 5.69 Å². The summed E-state index contributed by atoms with van der Waals surface area (Å²) in [5, 5.41) is 10.1. The highest BCUT2D eigenvalue weighted by Crippen LogP contribution is 2.32. The Balaban J connectivity index is 2.19. The van der Waals surface area contributed by atoms with Gasteiger partial charge in [-0.1, -0.05) is 31.9 Å². The van der Waals surface area contributed by atoms with Gasteiger partial charge >= 0.3 is 0 Å². The summed E-state index contributed by atoms with van der Waals surface area (Å²) in [6.07, 6.45) is 2.97. The lowest BCUT2D eigenvalue weighted by molar-refractivity contribution is -0.117. The zero-order valence-corrected chi connectivity index (χ0v) is 11.1. The molecule has 1 aliphatic heterocycles. The highest BCUT2D eigenvalue weighted by Gasteiger charge is 2.26. The minimum Gasteiger partial charge on any atom is -0.388 e. The highest BCUT2D eigenvalue weighted by molar-refractivity contribution is 6.01. The Bertz CT molecular complexity index is 442. The van der Waals surface area contributed by atoms with Crippen molar-refractivity contribution in [3.63, 3.8) is 0 Å². The molecule has 1 amide bonds. The first-order valence-electron chi connectivity index (χ1n) is 6.78. The first-order chi connectivity index (χ1) is 8.67. The van der Waals surface area contributed by atoms with Crippen LogP contribution in [0.5, 0.6) is 0 Å². The van der Waals surface area contributed by atoms with Gasteiger partial charge in [0.05, 0.1) is 12.5 Å². The van der Waals surface area contributed by atoms with Crippen LogP contribution in [0, 0.1) is 0 Å². The standard InChI is InChI=1S/C15H21NO2/c1-3-5-6-14(17)11-7-8-13-12(9-11)10-15(18)16(13)4-2/h7-9,14,17H,3-6,10H2,1-2H3. The van der Waals surface area contributed by atoms with Crippen molar-refractivity contribution in [3.8, 4) is 0 Å². The summed E-state index contributed by atoms with van der Waals surface area (Å²) in [6.45, 7) is 4.81. The molecule has 0 saturated heterocycles. The van der Waals surface area contributed by atoms with E-state index in [0.717, 1.165) is 36.1 Å². The van der Waals surface area contributed by atoms with E-state index in [1.54, 1.807) is 4.90 Å². The largest absolute Gasteiger partial charge is 0.388 e. The number of unbranched alkanes of at least 4 members (excludes halogenated alkanes) is 1. The van der Waals surface area contributed by atoms with Crippen LogP contribution in [0.15, 0.2) is 18.2 Å². The van der Waals surface area contributed by atoms with Gasteiger partial charge in [-0.15, -0.1) is 0 Å². The quantitative estimate of drug-likeness (QED) is 0.869. The van der Waals surface area contributed by atoms with Crippen molar-refractivity contribution in [1.82, 2.24) is 0 Å². The number of benzene rings is 1. The van der Waals surface area contributed by atoms with Crippen molar-refractivity contribution in [2.45, 2.75) is 45.6 Å². The van der Waals surface area contributed by atoms with Gasteiger partial charge in [-0.05, 0) is 30.5 Å². The van der Waals surface area contributed by atoms with E-state index < -0.39 is 6.10 Å². The molecular formula is C15H21NO2. The van der Waals surface area contributed by atoms with Gasteiger partial charge in [0, 0.05) is 12.2 Å². The molecule has 1 aromatic carbocycles. The number of hydrogen-bond acceptors (Lipinski definition) is 2. The van der Waals surface area contributed by atoms with Gasteiger partial charge in [0.1, 0.15) is 0 Å². The molecule has 1 atom stereocenters. The monoisotopic (exact) mass is 247 g/mol. The van der Waals surface area contributed by atoms with Crippen LogP contribution >= 0.6 is 0 Å². The normalized spacial score (nSPS) is 15.9. The van der Waals surface area contributed by atoms with Gasteiger partial charge in [-0.3, -0.25) is 4.79 Å². The molecular weight excluding hydrogens is 226 g/mol. The van der Waals surface area contributed by atoms with Crippen molar-refractivity contribution in [2.24, 2.45) is 0 Å². The fraction of sp³-hybridized carbons (Fsp3) is 0.533. The number of nitrogens with zero attached hydrogens (tertiary/aromatic N) is 1. The third-order valence-corrected chi connectivity index (χ3v) is 3.57. The summed E-state index contributed by atoms with van der Waals surface area (Å²) in [4.78, 5) is 13.6. The van der Waals surface area contributed by atoms with Gasteiger partial charge in [0.25, 0.3) is 0 Å². The van der Waals surface area contributed by atoms with Gasteiger partial charge in [0.2, 0.25) is 5.91 Å². The molecule has 2 rings (SSSR count). The van der Waals surface area contributed by atoms with E-state index in [0.29, 0.717) is 13.0 Å². The van der Waals surface area contributed by atoms with Crippen LogP contribution in [-0.2, 0) is 11.2 Å². The Morgan fingerprint density at radius 3 is 2.83 bits per heavy atom. The molecule has 0 aromatic heterocycles. The predicted molar refractivity (Wildman–Crippen MR) is 72.7 cm³/mol. The van der Waals surface area contributed by atoms with Crippen molar-refractivity contribution < 1.29 is 9.90 Å². The average molecular weight is 247 g/mol. The Hall–Kier alpha value is -1.35. The molecule has 1 N–H and O–H groups in total. The Labute approximate surface area is 108 Å². The number of aliphatic hydroxyl groups is 1. The van der Waals surface area contributed by atoms with Crippen molar-refractivity contribution in [1.29, 1.82) is 0 Å². The zero-order chi connectivity index (χ0) is 13.1. The number of anilines is 1. The molecule has 1 aliphatic rings. The van der Waals surface area contributed by atoms with Crippen LogP contribution in [-0.4, -0.2) is 17.6 Å². The number of likely N-dealkylation sites (N-methyl/N-ethyl adjacent to an activating group) is 1. The number of carbonyl (C=O) groups excluding carboxylic acids is 1. The van der Waals surface area contributed by atoms with E-state index in [-0.39, 0.29) is 5.91 Å². The number of amides is 1. The third-order valence-electron chi connectivity index (χ3n) is 3.57. The summed E-state index contributed by atoms with van der Waals surface area (Å²) in [5.41, 5.74) is 3.00. The molecule has 0 bridgehead atoms. The van der Waals surface area contributed by atoms with Crippen LogP contribution < -0.4 is 4.90 Å². The minimum absolute atomic E-state index is 0.160. The van der Waals surface area contributed by atoms with Gasteiger partial charge in [0.15, 0.2) is 0 Å². The summed E-state index contributed by atoms with van der Waals surface area (Å²) in [7, 11) is 0. The van der Waals surface area contributed by atoms with E-state index in [9.17, 15) is 9.90 Å². The summed E-state index contributed by atoms with van der Waals surface area (Å²) in [6, 6.07) is 5.90. The first kappa shape index (κ1) is 13.1. The maximum Gasteiger partial charge on any atom is 0.231 e. The Morgan fingerprint density at radius 1 is 1.39 bits per heavy atom. The molecule has 1 aromatic rings. The van der Waals surface area contributed by atoms with Gasteiger partial charge in [-0.2, -0.15) is 0 Å². The lowest BCUT2D eigenvalue weighted by atomic mass is 10.0. The molecule has 18 heavy (non-hydrogen) atoms. The molecule has 1 unspecified atom stereocenters. The molecule has 1 heterocycles. The SMILES string of the molecule is CCCCC(O)c1ccc2c(c1)CC(=O)N2CC. The van der Waals surface area contributed by atoms with Crippen molar-refractivity contribution in [3.05, 3.63) is 29.3 Å². The molecule has 3 nitrogen and oxygen atoms in total. The second-order valence-corrected chi connectivity index (χ2v) is 4.86. The van der Waals surface area contributed by atoms with Gasteiger partial charge < -0.3 is 10.0 Å². The van der Waals surface area contributed by atoms with Crippen molar-refractivity contribution >= 4 is 11.6 Å². The first-order valence-corrected chi connectivity index (χ1v) is 6.78. The topological polar surface area (TPSA) is 40.5 Å². The lowest BCUT2D eigenvalue weighted by Gasteiger charge is -2.16. The van der Waals surface area contributed by atoms with Crippen molar-refractivity contribution in [2.75, 3.05) is 11.4 Å². The molecule has 0 fully saturated rings. The maximum atomic E-state index is 11.8. The summed E-state index contributed by atoms with van der Waals surface area (Å²) >= 11 is 0. The molecule has 0 saturated carbocycles. The number of fused-ring (bicyclic) bond motifs is 1. The number of carbonyl (C=O) groups is 1. The summed E-state index contributed by atoms with van der Waals surface area (Å²) < 4.78 is 0. The van der Waals surface area contributed by atoms with E-state index in [2.05, 4.69) is 6.92 Å². The second-order valence-electron chi connectivity index (χ2n) is 4.86. The van der Waals surface area contributed by atoms with Crippen LogP contribution in [0.25, 0.3) is 0 Å². The fourth-order valence-electron chi connectivity index (χ4n) is 2.52. The number of hydrogen-bond donors (Lipinski definition) is 1. The molecule has 98 valence electrons. The third kappa shape index (κ3) is 2.41. The number of rotatable bonds is 5. The second kappa shape index (κ2) is 5.53. The smallest absolute Gasteiger partial charge is 0.231 e. The van der Waals surface area contributed by atoms with E-state index in [1.807, 2.05) is 25.1 Å². The van der Waals surface area contributed by atoms with E-state index >= 15 is 0 Å². The van der Waals surface area contributed by atoms with E-state index in [1.165, 1.54) is 0 Å². The zero-order valence-electron chi connectivity index (χ0n) is 11.1. The highest BCUT2D eigenvalue weighted by atomic mass is 16.3. The fourth-order valence-corrected chi connectivity index (χ4v) is 2.52. The van der Waals surface area contributed by atoms with Crippen LogP contribution in [0.3, 0.4) is 0 Å². The maximum absolute atomic E-state index is 11.8. The van der Waals surface area contributed by atoms with E-state index in [4.69, 9.17) is 0 Å². The molecule has 3 heteroatoms. The number of aliphatic hydroxyl groups excluding tert-OH is 1. The van der Waals surface area contributed by atoms with Crippen LogP contribution in [0.1, 0.15) is 50.3 Å². The molecule has 0 spiro atoms. The lowest BCUT2D eigenvalue weighted by Crippen LogP contribution is -2.25.